The molecule has 0 spiro atoms. The fraction of sp³-hybridized carbons (Fsp3) is 0.923. The number of rotatable bonds is 4. The summed E-state index contributed by atoms with van der Waals surface area (Å²) in [6.45, 7) is 9.91. The molecule has 0 aromatic heterocycles. The quantitative estimate of drug-likeness (QED) is 0.793. The molecule has 2 atom stereocenters. The third-order valence-electron chi connectivity index (χ3n) is 4.09. The summed E-state index contributed by atoms with van der Waals surface area (Å²) in [5.41, 5.74) is 4.90. The van der Waals surface area contributed by atoms with Crippen LogP contribution in [0.4, 0.5) is 0 Å². The van der Waals surface area contributed by atoms with Crippen molar-refractivity contribution >= 4 is 5.97 Å². The zero-order valence-electron chi connectivity index (χ0n) is 11.5. The second-order valence-electron chi connectivity index (χ2n) is 6.29. The van der Waals surface area contributed by atoms with Gasteiger partial charge in [-0.1, -0.05) is 6.92 Å². The Balaban J connectivity index is 3.18. The number of carboxylic acids is 1. The van der Waals surface area contributed by atoms with Gasteiger partial charge in [0.1, 0.15) is 0 Å². The van der Waals surface area contributed by atoms with Crippen molar-refractivity contribution in [1.82, 2.24) is 0 Å². The molecule has 1 heterocycles. The Morgan fingerprint density at radius 2 is 1.94 bits per heavy atom. The summed E-state index contributed by atoms with van der Waals surface area (Å²) < 4.78 is 6.03. The van der Waals surface area contributed by atoms with Gasteiger partial charge < -0.3 is 15.6 Å². The number of aliphatic carboxylic acids is 1. The van der Waals surface area contributed by atoms with Crippen molar-refractivity contribution in [2.45, 2.75) is 71.1 Å². The molecule has 1 saturated heterocycles. The highest BCUT2D eigenvalue weighted by molar-refractivity contribution is 5.68. The molecule has 4 heteroatoms. The Morgan fingerprint density at radius 1 is 1.41 bits per heavy atom. The van der Waals surface area contributed by atoms with Crippen molar-refractivity contribution < 1.29 is 14.6 Å². The highest BCUT2D eigenvalue weighted by atomic mass is 16.5. The van der Waals surface area contributed by atoms with Gasteiger partial charge in [-0.25, -0.2) is 0 Å². The highest BCUT2D eigenvalue weighted by Gasteiger charge is 2.60. The van der Waals surface area contributed by atoms with Crippen molar-refractivity contribution in [3.8, 4) is 0 Å². The first kappa shape index (κ1) is 14.5. The van der Waals surface area contributed by atoms with Crippen LogP contribution in [-0.2, 0) is 9.53 Å². The van der Waals surface area contributed by atoms with E-state index in [1.54, 1.807) is 0 Å². The van der Waals surface area contributed by atoms with Crippen LogP contribution in [0.3, 0.4) is 0 Å². The highest BCUT2D eigenvalue weighted by Crippen LogP contribution is 2.55. The van der Waals surface area contributed by atoms with E-state index in [4.69, 9.17) is 10.5 Å². The Hall–Kier alpha value is -0.610. The number of ether oxygens (including phenoxy) is 1. The van der Waals surface area contributed by atoms with E-state index in [0.717, 1.165) is 6.42 Å². The monoisotopic (exact) mass is 243 g/mol. The number of carbonyl (C=O) groups is 1. The second-order valence-corrected chi connectivity index (χ2v) is 6.29. The summed E-state index contributed by atoms with van der Waals surface area (Å²) in [4.78, 5) is 11.2. The van der Waals surface area contributed by atoms with Gasteiger partial charge in [-0.2, -0.15) is 0 Å². The van der Waals surface area contributed by atoms with Crippen LogP contribution in [0.25, 0.3) is 0 Å². The molecule has 0 radical (unpaired) electrons. The molecule has 1 fully saturated rings. The number of hydrogen-bond acceptors (Lipinski definition) is 3. The lowest BCUT2D eigenvalue weighted by molar-refractivity contribution is -0.146. The minimum Gasteiger partial charge on any atom is -0.481 e. The van der Waals surface area contributed by atoms with E-state index in [0.29, 0.717) is 6.42 Å². The lowest BCUT2D eigenvalue weighted by atomic mass is 9.63. The Morgan fingerprint density at radius 3 is 2.24 bits per heavy atom. The van der Waals surface area contributed by atoms with Crippen LogP contribution in [-0.4, -0.2) is 28.3 Å². The lowest BCUT2D eigenvalue weighted by Gasteiger charge is -2.43. The molecule has 1 rings (SSSR count). The normalized spacial score (nSPS) is 32.4. The topological polar surface area (TPSA) is 72.6 Å². The SMILES string of the molecule is CCC(N)C1(CC(=O)O)CC(C)(C)OC1(C)C. The second kappa shape index (κ2) is 4.25. The van der Waals surface area contributed by atoms with Gasteiger partial charge in [-0.3, -0.25) is 4.79 Å². The van der Waals surface area contributed by atoms with Crippen LogP contribution in [0.2, 0.25) is 0 Å². The fourth-order valence-corrected chi connectivity index (χ4v) is 3.45. The van der Waals surface area contributed by atoms with Gasteiger partial charge >= 0.3 is 5.97 Å². The van der Waals surface area contributed by atoms with Gasteiger partial charge in [0.25, 0.3) is 0 Å². The van der Waals surface area contributed by atoms with E-state index in [1.165, 1.54) is 0 Å². The smallest absolute Gasteiger partial charge is 0.304 e. The molecule has 0 amide bonds. The predicted molar refractivity (Wildman–Crippen MR) is 66.8 cm³/mol. The summed E-state index contributed by atoms with van der Waals surface area (Å²) in [5.74, 6) is -0.803. The molecule has 0 saturated carbocycles. The molecule has 0 aromatic carbocycles. The summed E-state index contributed by atoms with van der Waals surface area (Å²) in [6.07, 6.45) is 1.52. The Bertz CT molecular complexity index is 312. The van der Waals surface area contributed by atoms with E-state index >= 15 is 0 Å². The zero-order chi connectivity index (χ0) is 13.5. The van der Waals surface area contributed by atoms with Crippen LogP contribution in [0.5, 0.6) is 0 Å². The van der Waals surface area contributed by atoms with Gasteiger partial charge in [0.15, 0.2) is 0 Å². The van der Waals surface area contributed by atoms with Crippen LogP contribution in [0.1, 0.15) is 53.9 Å². The molecule has 3 N–H and O–H groups in total. The number of hydrogen-bond donors (Lipinski definition) is 2. The van der Waals surface area contributed by atoms with Crippen molar-refractivity contribution in [3.63, 3.8) is 0 Å². The molecule has 0 aliphatic carbocycles. The van der Waals surface area contributed by atoms with Crippen LogP contribution >= 0.6 is 0 Å². The third-order valence-corrected chi connectivity index (χ3v) is 4.09. The van der Waals surface area contributed by atoms with Crippen molar-refractivity contribution in [2.24, 2.45) is 11.1 Å². The summed E-state index contributed by atoms with van der Waals surface area (Å²) in [5, 5.41) is 9.17. The zero-order valence-corrected chi connectivity index (χ0v) is 11.5. The molecule has 1 aliphatic rings. The minimum atomic E-state index is -0.803. The maximum Gasteiger partial charge on any atom is 0.304 e. The van der Waals surface area contributed by atoms with E-state index in [1.807, 2.05) is 34.6 Å². The largest absolute Gasteiger partial charge is 0.481 e. The maximum absolute atomic E-state index is 11.2. The number of carboxylic acid groups (broad SMARTS) is 1. The fourth-order valence-electron chi connectivity index (χ4n) is 3.45. The molecule has 100 valence electrons. The standard InChI is InChI=1S/C13H25NO3/c1-6-9(14)13(7-10(15)16)8-11(2,3)17-12(13,4)5/h9H,6-8,14H2,1-5H3,(H,15,16). The van der Waals surface area contributed by atoms with E-state index < -0.39 is 17.0 Å². The van der Waals surface area contributed by atoms with Gasteiger partial charge in [-0.05, 0) is 40.5 Å². The molecule has 2 unspecified atom stereocenters. The first-order valence-corrected chi connectivity index (χ1v) is 6.24. The Kier molecular flexibility index (Phi) is 3.61. The average molecular weight is 243 g/mol. The van der Waals surface area contributed by atoms with E-state index in [2.05, 4.69) is 0 Å². The lowest BCUT2D eigenvalue weighted by Crippen LogP contribution is -2.53. The Labute approximate surface area is 104 Å². The van der Waals surface area contributed by atoms with Crippen LogP contribution in [0, 0.1) is 5.41 Å². The van der Waals surface area contributed by atoms with Crippen LogP contribution < -0.4 is 5.73 Å². The molecule has 1 aliphatic heterocycles. The first-order valence-electron chi connectivity index (χ1n) is 6.24. The molecule has 0 bridgehead atoms. The third kappa shape index (κ3) is 2.47. The van der Waals surface area contributed by atoms with E-state index in [9.17, 15) is 9.90 Å². The predicted octanol–water partition coefficient (Wildman–Crippen LogP) is 2.16. The van der Waals surface area contributed by atoms with Crippen molar-refractivity contribution in [1.29, 1.82) is 0 Å². The van der Waals surface area contributed by atoms with Gasteiger partial charge in [0.2, 0.25) is 0 Å². The van der Waals surface area contributed by atoms with Crippen molar-refractivity contribution in [3.05, 3.63) is 0 Å². The van der Waals surface area contributed by atoms with E-state index in [-0.39, 0.29) is 18.1 Å². The first-order chi connectivity index (χ1) is 7.56. The molecule has 0 aromatic rings. The summed E-state index contributed by atoms with van der Waals surface area (Å²) in [6, 6.07) is -0.157. The summed E-state index contributed by atoms with van der Waals surface area (Å²) in [7, 11) is 0. The van der Waals surface area contributed by atoms with Gasteiger partial charge in [0, 0.05) is 11.5 Å². The maximum atomic E-state index is 11.2. The number of nitrogens with two attached hydrogens (primary N) is 1. The minimum absolute atomic E-state index is 0.0679. The van der Waals surface area contributed by atoms with Gasteiger partial charge in [0.05, 0.1) is 17.6 Å². The van der Waals surface area contributed by atoms with Crippen LogP contribution in [0.15, 0.2) is 0 Å². The van der Waals surface area contributed by atoms with Crippen molar-refractivity contribution in [2.75, 3.05) is 0 Å². The molecular formula is C13H25NO3. The summed E-state index contributed by atoms with van der Waals surface area (Å²) >= 11 is 0. The molecule has 17 heavy (non-hydrogen) atoms. The average Bonchev–Trinajstić information content (AvgIpc) is 2.29. The molecule has 4 nitrogen and oxygen atoms in total. The van der Waals surface area contributed by atoms with Gasteiger partial charge in [-0.15, -0.1) is 0 Å². The molecular weight excluding hydrogens is 218 g/mol.